The fraction of sp³-hybridized carbons (Fsp3) is 1.00. The average Bonchev–Trinajstić information content (AvgIpc) is 2.34. The Balaban J connectivity index is 1.92. The molecule has 2 nitrogen and oxygen atoms in total. The molecule has 0 aromatic rings. The highest BCUT2D eigenvalue weighted by Crippen LogP contribution is 2.46. The van der Waals surface area contributed by atoms with E-state index >= 15 is 0 Å². The van der Waals surface area contributed by atoms with Gasteiger partial charge in [0, 0.05) is 24.6 Å². The molecule has 0 heterocycles. The van der Waals surface area contributed by atoms with Crippen molar-refractivity contribution < 1.29 is 5.11 Å². The van der Waals surface area contributed by atoms with E-state index in [9.17, 15) is 5.11 Å². The third kappa shape index (κ3) is 4.21. The smallest absolute Gasteiger partial charge is 0.0499 e. The molecule has 0 radical (unpaired) electrons. The zero-order chi connectivity index (χ0) is 14.9. The van der Waals surface area contributed by atoms with Crippen molar-refractivity contribution in [3.63, 3.8) is 0 Å². The predicted octanol–water partition coefficient (Wildman–Crippen LogP) is 4.12. The summed E-state index contributed by atoms with van der Waals surface area (Å²) in [6, 6.07) is 0.624. The Bertz CT molecular complexity index is 299. The topological polar surface area (TPSA) is 32.3 Å². The first kappa shape index (κ1) is 16.3. The van der Waals surface area contributed by atoms with Gasteiger partial charge in [0.2, 0.25) is 0 Å². The Kier molecular flexibility index (Phi) is 4.86. The van der Waals surface area contributed by atoms with Gasteiger partial charge in [-0.05, 0) is 42.9 Å². The van der Waals surface area contributed by atoms with Crippen LogP contribution in [0, 0.1) is 16.2 Å². The van der Waals surface area contributed by atoms with Crippen LogP contribution in [-0.2, 0) is 0 Å². The van der Waals surface area contributed by atoms with Crippen molar-refractivity contribution in [1.29, 1.82) is 0 Å². The first-order chi connectivity index (χ1) is 9.26. The maximum absolute atomic E-state index is 9.84. The van der Waals surface area contributed by atoms with Crippen molar-refractivity contribution in [2.45, 2.75) is 85.1 Å². The summed E-state index contributed by atoms with van der Waals surface area (Å²) in [5.74, 6) is 0. The second-order valence-corrected chi connectivity index (χ2v) is 9.21. The van der Waals surface area contributed by atoms with Gasteiger partial charge in [-0.1, -0.05) is 47.0 Å². The van der Waals surface area contributed by atoms with Crippen LogP contribution in [0.2, 0.25) is 0 Å². The molecule has 2 aliphatic carbocycles. The normalized spacial score (nSPS) is 29.2. The second kappa shape index (κ2) is 5.96. The molecule has 0 spiro atoms. The van der Waals surface area contributed by atoms with Crippen LogP contribution in [0.1, 0.15) is 79.1 Å². The number of rotatable bonds is 4. The molecule has 2 aliphatic rings. The molecule has 2 fully saturated rings. The standard InChI is InChI=1S/C18H35NO/c1-16(2)10-15(11-17(3,4)12-16)19-13-18(14-20)8-6-5-7-9-18/h15,19-20H,5-14H2,1-4H3. The molecule has 0 amide bonds. The first-order valence-electron chi connectivity index (χ1n) is 8.60. The van der Waals surface area contributed by atoms with Gasteiger partial charge in [-0.25, -0.2) is 0 Å². The van der Waals surface area contributed by atoms with Gasteiger partial charge in [-0.15, -0.1) is 0 Å². The Hall–Kier alpha value is -0.0800. The summed E-state index contributed by atoms with van der Waals surface area (Å²) in [4.78, 5) is 0. The Morgan fingerprint density at radius 2 is 1.50 bits per heavy atom. The summed E-state index contributed by atoms with van der Waals surface area (Å²) in [6.45, 7) is 11.0. The minimum Gasteiger partial charge on any atom is -0.396 e. The summed E-state index contributed by atoms with van der Waals surface area (Å²) < 4.78 is 0. The van der Waals surface area contributed by atoms with Crippen LogP contribution in [0.5, 0.6) is 0 Å². The lowest BCUT2D eigenvalue weighted by molar-refractivity contribution is 0.0524. The summed E-state index contributed by atoms with van der Waals surface area (Å²) in [5.41, 5.74) is 1.06. The number of hydrogen-bond acceptors (Lipinski definition) is 2. The molecule has 2 heteroatoms. The van der Waals surface area contributed by atoms with Crippen molar-refractivity contribution in [1.82, 2.24) is 5.32 Å². The van der Waals surface area contributed by atoms with E-state index in [1.165, 1.54) is 51.4 Å². The summed E-state index contributed by atoms with van der Waals surface area (Å²) in [5, 5.41) is 13.7. The Morgan fingerprint density at radius 3 is 2.00 bits per heavy atom. The monoisotopic (exact) mass is 281 g/mol. The van der Waals surface area contributed by atoms with E-state index in [0.717, 1.165) is 6.54 Å². The third-order valence-electron chi connectivity index (χ3n) is 5.57. The molecule has 0 unspecified atom stereocenters. The highest BCUT2D eigenvalue weighted by atomic mass is 16.3. The van der Waals surface area contributed by atoms with Crippen LogP contribution in [0.25, 0.3) is 0 Å². The van der Waals surface area contributed by atoms with E-state index in [0.29, 0.717) is 23.5 Å². The summed E-state index contributed by atoms with van der Waals surface area (Å²) in [7, 11) is 0. The summed E-state index contributed by atoms with van der Waals surface area (Å²) >= 11 is 0. The quantitative estimate of drug-likeness (QED) is 0.812. The van der Waals surface area contributed by atoms with Crippen molar-refractivity contribution in [3.05, 3.63) is 0 Å². The van der Waals surface area contributed by atoms with E-state index in [1.807, 2.05) is 0 Å². The van der Waals surface area contributed by atoms with Crippen molar-refractivity contribution >= 4 is 0 Å². The van der Waals surface area contributed by atoms with Gasteiger partial charge in [0.25, 0.3) is 0 Å². The summed E-state index contributed by atoms with van der Waals surface area (Å²) in [6.07, 6.45) is 10.2. The number of nitrogens with one attached hydrogen (secondary N) is 1. The fourth-order valence-corrected chi connectivity index (χ4v) is 5.04. The van der Waals surface area contributed by atoms with Crippen molar-refractivity contribution in [2.75, 3.05) is 13.2 Å². The van der Waals surface area contributed by atoms with Gasteiger partial charge < -0.3 is 10.4 Å². The zero-order valence-electron chi connectivity index (χ0n) is 14.1. The molecule has 0 bridgehead atoms. The van der Waals surface area contributed by atoms with E-state index in [4.69, 9.17) is 0 Å². The number of hydrogen-bond donors (Lipinski definition) is 2. The number of aliphatic hydroxyl groups is 1. The van der Waals surface area contributed by atoms with Gasteiger partial charge in [0.1, 0.15) is 0 Å². The predicted molar refractivity (Wildman–Crippen MR) is 85.8 cm³/mol. The van der Waals surface area contributed by atoms with Gasteiger partial charge in [0.15, 0.2) is 0 Å². The maximum Gasteiger partial charge on any atom is 0.0499 e. The minimum atomic E-state index is 0.171. The van der Waals surface area contributed by atoms with E-state index in [2.05, 4.69) is 33.0 Å². The van der Waals surface area contributed by atoms with Gasteiger partial charge in [0.05, 0.1) is 0 Å². The molecule has 0 saturated heterocycles. The van der Waals surface area contributed by atoms with Crippen molar-refractivity contribution in [3.8, 4) is 0 Å². The van der Waals surface area contributed by atoms with E-state index in [-0.39, 0.29) is 5.41 Å². The lowest BCUT2D eigenvalue weighted by Gasteiger charge is -2.46. The third-order valence-corrected chi connectivity index (χ3v) is 5.57. The molecule has 0 aliphatic heterocycles. The minimum absolute atomic E-state index is 0.171. The van der Waals surface area contributed by atoms with Crippen LogP contribution >= 0.6 is 0 Å². The molecule has 118 valence electrons. The Labute approximate surface area is 125 Å². The van der Waals surface area contributed by atoms with Gasteiger partial charge in [-0.2, -0.15) is 0 Å². The average molecular weight is 281 g/mol. The molecule has 0 aromatic heterocycles. The van der Waals surface area contributed by atoms with Gasteiger partial charge >= 0.3 is 0 Å². The molecule has 20 heavy (non-hydrogen) atoms. The molecular formula is C18H35NO. The van der Waals surface area contributed by atoms with Crippen LogP contribution < -0.4 is 5.32 Å². The van der Waals surface area contributed by atoms with Crippen LogP contribution in [0.4, 0.5) is 0 Å². The fourth-order valence-electron chi connectivity index (χ4n) is 5.04. The second-order valence-electron chi connectivity index (χ2n) is 9.21. The lowest BCUT2D eigenvalue weighted by atomic mass is 9.63. The molecule has 2 saturated carbocycles. The molecule has 0 atom stereocenters. The van der Waals surface area contributed by atoms with E-state index in [1.54, 1.807) is 0 Å². The van der Waals surface area contributed by atoms with Crippen molar-refractivity contribution in [2.24, 2.45) is 16.2 Å². The molecule has 2 rings (SSSR count). The van der Waals surface area contributed by atoms with E-state index < -0.39 is 0 Å². The Morgan fingerprint density at radius 1 is 0.950 bits per heavy atom. The highest BCUT2D eigenvalue weighted by Gasteiger charge is 2.39. The number of aliphatic hydroxyl groups excluding tert-OH is 1. The zero-order valence-corrected chi connectivity index (χ0v) is 14.1. The molecular weight excluding hydrogens is 246 g/mol. The largest absolute Gasteiger partial charge is 0.396 e. The van der Waals surface area contributed by atoms with Crippen LogP contribution in [-0.4, -0.2) is 24.3 Å². The SMILES string of the molecule is CC1(C)CC(NCC2(CO)CCCCC2)CC(C)(C)C1. The first-order valence-corrected chi connectivity index (χ1v) is 8.60. The van der Waals surface area contributed by atoms with Crippen LogP contribution in [0.3, 0.4) is 0 Å². The molecule has 0 aromatic carbocycles. The maximum atomic E-state index is 9.84. The molecule has 2 N–H and O–H groups in total. The van der Waals surface area contributed by atoms with Crippen LogP contribution in [0.15, 0.2) is 0 Å². The van der Waals surface area contributed by atoms with Gasteiger partial charge in [-0.3, -0.25) is 0 Å². The highest BCUT2D eigenvalue weighted by molar-refractivity contribution is 4.94. The lowest BCUT2D eigenvalue weighted by Crippen LogP contribution is -2.48.